The predicted octanol–water partition coefficient (Wildman–Crippen LogP) is -3.71. The second-order valence-electron chi connectivity index (χ2n) is 0.610. The summed E-state index contributed by atoms with van der Waals surface area (Å²) in [6, 6.07) is 0. The molecule has 0 amide bonds. The van der Waals surface area contributed by atoms with Gasteiger partial charge in [-0.3, -0.25) is 10.5 Å². The Balaban J connectivity index is -0.0000000412. The minimum absolute atomic E-state index is 0. The van der Waals surface area contributed by atoms with E-state index < -0.39 is 11.9 Å². The first-order chi connectivity index (χ1) is 3.64. The van der Waals surface area contributed by atoms with Crippen LogP contribution in [0.5, 0.6) is 0 Å². The molecule has 6 nitrogen and oxygen atoms in total. The number of hydrogen-bond acceptors (Lipinski definition) is 4. The zero-order chi connectivity index (χ0) is 7.15. The smallest absolute Gasteiger partial charge is 1.00 e. The summed E-state index contributed by atoms with van der Waals surface area (Å²) in [7, 11) is 0. The molecule has 0 saturated carbocycles. The second-order valence-corrected chi connectivity index (χ2v) is 0.610. The fourth-order valence-electron chi connectivity index (χ4n) is 0. The van der Waals surface area contributed by atoms with Gasteiger partial charge in [0.2, 0.25) is 0 Å². The molecule has 0 aliphatic carbocycles. The van der Waals surface area contributed by atoms with Gasteiger partial charge >= 0.3 is 63.3 Å². The molecule has 0 bridgehead atoms. The predicted molar refractivity (Wildman–Crippen MR) is 21.6 cm³/mol. The summed E-state index contributed by atoms with van der Waals surface area (Å²) in [5.41, 5.74) is 0. The molecule has 9 heavy (non-hydrogen) atoms. The first-order valence-corrected chi connectivity index (χ1v) is 1.31. The Bertz CT molecular complexity index is 81.7. The van der Waals surface area contributed by atoms with Crippen LogP contribution in [0.3, 0.4) is 0 Å². The van der Waals surface area contributed by atoms with E-state index in [0.29, 0.717) is 0 Å². The largest absolute Gasteiger partial charge is 1.00 e. The van der Waals surface area contributed by atoms with Crippen molar-refractivity contribution in [2.45, 2.75) is 0 Å². The van der Waals surface area contributed by atoms with Gasteiger partial charge in [0.05, 0.1) is 0 Å². The average Bonchev–Trinajstić information content (AvgIpc) is 1.72. The number of rotatable bonds is 0. The summed E-state index contributed by atoms with van der Waals surface area (Å²) in [5.74, 6) is -3.65. The van der Waals surface area contributed by atoms with Gasteiger partial charge in [-0.2, -0.15) is 0 Å². The maximum Gasteiger partial charge on any atom is 1.00 e. The summed E-state index contributed by atoms with van der Waals surface area (Å²) in [6.45, 7) is 0. The fourth-order valence-corrected chi connectivity index (χ4v) is 0. The molecule has 0 rings (SSSR count). The maximum atomic E-state index is 9.10. The van der Waals surface area contributed by atoms with Crippen molar-refractivity contribution in [2.75, 3.05) is 0 Å². The monoisotopic (exact) mass is 164 g/mol. The molecule has 0 aromatic heterocycles. The average molecular weight is 164 g/mol. The third kappa shape index (κ3) is 17.7. The minimum Gasteiger partial charge on any atom is -1.00 e. The molecule has 0 fully saturated rings. The summed E-state index contributed by atoms with van der Waals surface area (Å²) >= 11 is 0. The third-order valence-electron chi connectivity index (χ3n) is 0.183. The molecule has 7 heteroatoms. The SMILES string of the molecule is O=C(O)C(=O)O.OO.[H-].[K+]. The van der Waals surface area contributed by atoms with Crippen LogP contribution in [0.15, 0.2) is 0 Å². The van der Waals surface area contributed by atoms with E-state index in [1.807, 2.05) is 0 Å². The van der Waals surface area contributed by atoms with Crippen molar-refractivity contribution in [3.8, 4) is 0 Å². The van der Waals surface area contributed by atoms with Gasteiger partial charge < -0.3 is 11.6 Å². The van der Waals surface area contributed by atoms with E-state index in [1.165, 1.54) is 0 Å². The van der Waals surface area contributed by atoms with Crippen LogP contribution in [0.2, 0.25) is 0 Å². The molecule has 0 unspecified atom stereocenters. The van der Waals surface area contributed by atoms with Gasteiger partial charge in [0.15, 0.2) is 0 Å². The molecule has 0 aliphatic heterocycles. The molecule has 0 saturated heterocycles. The number of carboxylic acid groups (broad SMARTS) is 2. The van der Waals surface area contributed by atoms with Crippen LogP contribution in [-0.4, -0.2) is 32.7 Å². The van der Waals surface area contributed by atoms with Gasteiger partial charge in [-0.1, -0.05) is 0 Å². The van der Waals surface area contributed by atoms with Crippen LogP contribution >= 0.6 is 0 Å². The first kappa shape index (κ1) is 16.2. The van der Waals surface area contributed by atoms with E-state index >= 15 is 0 Å². The molecule has 4 N–H and O–H groups in total. The number of aliphatic carboxylic acids is 2. The van der Waals surface area contributed by atoms with E-state index in [4.69, 9.17) is 30.3 Å². The Kier molecular flexibility index (Phi) is 20.4. The van der Waals surface area contributed by atoms with Crippen LogP contribution in [0, 0.1) is 0 Å². The van der Waals surface area contributed by atoms with E-state index in [2.05, 4.69) is 0 Å². The minimum atomic E-state index is -1.82. The van der Waals surface area contributed by atoms with Crippen LogP contribution in [-0.2, 0) is 9.59 Å². The van der Waals surface area contributed by atoms with Crippen LogP contribution < -0.4 is 51.4 Å². The van der Waals surface area contributed by atoms with E-state index in [-0.39, 0.29) is 52.8 Å². The Morgan fingerprint density at radius 1 is 1.00 bits per heavy atom. The van der Waals surface area contributed by atoms with Crippen molar-refractivity contribution in [1.82, 2.24) is 0 Å². The summed E-state index contributed by atoms with van der Waals surface area (Å²) < 4.78 is 0. The topological polar surface area (TPSA) is 115 Å². The summed E-state index contributed by atoms with van der Waals surface area (Å²) in [5, 5.41) is 26.8. The van der Waals surface area contributed by atoms with E-state index in [9.17, 15) is 0 Å². The molecule has 0 aliphatic rings. The summed E-state index contributed by atoms with van der Waals surface area (Å²) in [4.78, 5) is 18.2. The molecule has 0 heterocycles. The zero-order valence-corrected chi connectivity index (χ0v) is 7.73. The first-order valence-electron chi connectivity index (χ1n) is 1.31. The van der Waals surface area contributed by atoms with Gasteiger partial charge in [0.1, 0.15) is 0 Å². The molecular formula is C2H5KO6. The summed E-state index contributed by atoms with van der Waals surface area (Å²) in [6.07, 6.45) is 0. The fraction of sp³-hybridized carbons (Fsp3) is 0. The Hall–Kier alpha value is 0.496. The van der Waals surface area contributed by atoms with Gasteiger partial charge in [0, 0.05) is 0 Å². The van der Waals surface area contributed by atoms with Gasteiger partial charge in [-0.15, -0.1) is 0 Å². The van der Waals surface area contributed by atoms with Crippen LogP contribution in [0.4, 0.5) is 0 Å². The molecule has 0 aromatic rings. The van der Waals surface area contributed by atoms with Crippen molar-refractivity contribution in [1.29, 1.82) is 0 Å². The van der Waals surface area contributed by atoms with Crippen molar-refractivity contribution >= 4 is 11.9 Å². The number of hydrogen-bond donors (Lipinski definition) is 4. The van der Waals surface area contributed by atoms with Crippen LogP contribution in [0.25, 0.3) is 0 Å². The van der Waals surface area contributed by atoms with Gasteiger partial charge in [-0.25, -0.2) is 9.59 Å². The van der Waals surface area contributed by atoms with E-state index in [1.54, 1.807) is 0 Å². The van der Waals surface area contributed by atoms with Crippen molar-refractivity contribution < 1.29 is 83.1 Å². The third-order valence-corrected chi connectivity index (χ3v) is 0.183. The zero-order valence-electron chi connectivity index (χ0n) is 5.61. The van der Waals surface area contributed by atoms with Gasteiger partial charge in [-0.05, 0) is 0 Å². The second kappa shape index (κ2) is 11.3. The van der Waals surface area contributed by atoms with Crippen molar-refractivity contribution in [2.24, 2.45) is 0 Å². The molecule has 0 atom stereocenters. The number of carbonyl (C=O) groups is 2. The Morgan fingerprint density at radius 2 is 1.11 bits per heavy atom. The Morgan fingerprint density at radius 3 is 1.11 bits per heavy atom. The van der Waals surface area contributed by atoms with Gasteiger partial charge in [0.25, 0.3) is 0 Å². The molecule has 0 aromatic carbocycles. The molecular weight excluding hydrogens is 159 g/mol. The molecule has 0 spiro atoms. The van der Waals surface area contributed by atoms with E-state index in [0.717, 1.165) is 0 Å². The standard InChI is InChI=1S/C2H2O4.K.H2O2.H/c3-1(4)2(5)6;;1-2;/h(H,3,4)(H,5,6);;1-2H;/q;+1;;-1. The van der Waals surface area contributed by atoms with Crippen LogP contribution in [0.1, 0.15) is 1.43 Å². The quantitative estimate of drug-likeness (QED) is 0.127. The Labute approximate surface area is 93.9 Å². The maximum absolute atomic E-state index is 9.10. The van der Waals surface area contributed by atoms with Crippen molar-refractivity contribution in [3.05, 3.63) is 0 Å². The number of carboxylic acids is 2. The molecule has 50 valence electrons. The molecule has 0 radical (unpaired) electrons. The van der Waals surface area contributed by atoms with Crippen molar-refractivity contribution in [3.63, 3.8) is 0 Å². The normalized spacial score (nSPS) is 5.56.